The van der Waals surface area contributed by atoms with Gasteiger partial charge in [-0.25, -0.2) is 0 Å². The van der Waals surface area contributed by atoms with Gasteiger partial charge in [-0.3, -0.25) is 0 Å². The molecule has 2 bridgehead atoms. The molecular weight excluding hydrogens is 248 g/mol. The van der Waals surface area contributed by atoms with Crippen LogP contribution in [0, 0.1) is 11.8 Å². The summed E-state index contributed by atoms with van der Waals surface area (Å²) in [5.41, 5.74) is 0. The van der Waals surface area contributed by atoms with E-state index in [9.17, 15) is 0 Å². The van der Waals surface area contributed by atoms with Gasteiger partial charge in [0.05, 0.1) is 0 Å². The molecule has 1 saturated heterocycles. The van der Waals surface area contributed by atoms with Crippen LogP contribution in [0.4, 0.5) is 0 Å². The van der Waals surface area contributed by atoms with Gasteiger partial charge in [-0.15, -0.1) is 0 Å². The molecule has 1 aliphatic heterocycles. The lowest BCUT2D eigenvalue weighted by atomic mass is 9.73. The van der Waals surface area contributed by atoms with Crippen LogP contribution in [0.5, 0.6) is 0 Å². The normalized spacial score (nSPS) is 30.9. The Hall–Kier alpha value is -0.120. The molecule has 0 amide bonds. The molecule has 1 saturated carbocycles. The van der Waals surface area contributed by atoms with Gasteiger partial charge in [0, 0.05) is 38.4 Å². The van der Waals surface area contributed by atoms with Crippen LogP contribution in [0.25, 0.3) is 0 Å². The molecule has 2 aliphatic rings. The Balaban J connectivity index is 1.72. The second kappa shape index (κ2) is 8.35. The van der Waals surface area contributed by atoms with Gasteiger partial charge in [0.25, 0.3) is 0 Å². The topological polar surface area (TPSA) is 24.5 Å². The molecule has 2 atom stereocenters. The summed E-state index contributed by atoms with van der Waals surface area (Å²) in [5.74, 6) is 1.75. The van der Waals surface area contributed by atoms with Crippen LogP contribution in [0.3, 0.4) is 0 Å². The van der Waals surface area contributed by atoms with Crippen molar-refractivity contribution < 1.29 is 4.74 Å². The summed E-state index contributed by atoms with van der Waals surface area (Å²) >= 11 is 0. The first kappa shape index (κ1) is 16.3. The van der Waals surface area contributed by atoms with Crippen LogP contribution in [0.15, 0.2) is 0 Å². The largest absolute Gasteiger partial charge is 0.381 e. The first-order valence-corrected chi connectivity index (χ1v) is 8.77. The molecule has 20 heavy (non-hydrogen) atoms. The summed E-state index contributed by atoms with van der Waals surface area (Å²) in [4.78, 5) is 2.69. The van der Waals surface area contributed by atoms with Crippen molar-refractivity contribution in [1.29, 1.82) is 0 Å². The predicted octanol–water partition coefficient (Wildman–Crippen LogP) is 2.90. The molecule has 0 aromatic carbocycles. The summed E-state index contributed by atoms with van der Waals surface area (Å²) in [7, 11) is 0. The Kier molecular flexibility index (Phi) is 6.79. The fraction of sp³-hybridized carbons (Fsp3) is 1.00. The fourth-order valence-corrected chi connectivity index (χ4v) is 3.92. The van der Waals surface area contributed by atoms with Gasteiger partial charge in [-0.1, -0.05) is 13.3 Å². The van der Waals surface area contributed by atoms with E-state index in [1.165, 1.54) is 32.4 Å². The number of likely N-dealkylation sites (tertiary alicyclic amines) is 1. The van der Waals surface area contributed by atoms with Crippen LogP contribution in [-0.2, 0) is 4.74 Å². The van der Waals surface area contributed by atoms with Crippen LogP contribution in [0.2, 0.25) is 0 Å². The van der Waals surface area contributed by atoms with Crippen molar-refractivity contribution in [2.24, 2.45) is 11.8 Å². The lowest BCUT2D eigenvalue weighted by Crippen LogP contribution is -2.58. The first-order chi connectivity index (χ1) is 9.72. The third-order valence-corrected chi connectivity index (χ3v) is 5.03. The Morgan fingerprint density at radius 1 is 1.15 bits per heavy atom. The Morgan fingerprint density at radius 2 is 1.85 bits per heavy atom. The number of nitrogens with zero attached hydrogens (tertiary/aromatic N) is 1. The SMILES string of the molecule is CCCOCCCNC1C2CCCC1CN(C(C)C)C2. The Morgan fingerprint density at radius 3 is 2.45 bits per heavy atom. The molecule has 3 heteroatoms. The van der Waals surface area contributed by atoms with Crippen molar-refractivity contribution >= 4 is 0 Å². The van der Waals surface area contributed by atoms with Crippen molar-refractivity contribution in [2.45, 2.75) is 65.0 Å². The van der Waals surface area contributed by atoms with E-state index < -0.39 is 0 Å². The highest BCUT2D eigenvalue weighted by Crippen LogP contribution is 2.35. The third kappa shape index (κ3) is 4.44. The van der Waals surface area contributed by atoms with Crippen molar-refractivity contribution in [1.82, 2.24) is 10.2 Å². The average Bonchev–Trinajstić information content (AvgIpc) is 2.41. The molecule has 1 heterocycles. The predicted molar refractivity (Wildman–Crippen MR) is 85.1 cm³/mol. The molecule has 0 aromatic rings. The van der Waals surface area contributed by atoms with Crippen LogP contribution < -0.4 is 5.32 Å². The molecule has 2 unspecified atom stereocenters. The first-order valence-electron chi connectivity index (χ1n) is 8.77. The second-order valence-corrected chi connectivity index (χ2v) is 6.94. The van der Waals surface area contributed by atoms with E-state index in [2.05, 4.69) is 31.0 Å². The maximum atomic E-state index is 5.57. The molecular formula is C17H34N2O. The summed E-state index contributed by atoms with van der Waals surface area (Å²) in [6, 6.07) is 1.48. The van der Waals surface area contributed by atoms with Gasteiger partial charge in [-0.05, 0) is 57.9 Å². The van der Waals surface area contributed by atoms with Crippen molar-refractivity contribution in [3.63, 3.8) is 0 Å². The third-order valence-electron chi connectivity index (χ3n) is 5.03. The zero-order valence-electron chi connectivity index (χ0n) is 13.7. The van der Waals surface area contributed by atoms with Gasteiger partial charge < -0.3 is 15.0 Å². The summed E-state index contributed by atoms with van der Waals surface area (Å²) in [6.07, 6.45) is 6.57. The zero-order valence-corrected chi connectivity index (χ0v) is 13.7. The maximum absolute atomic E-state index is 5.57. The van der Waals surface area contributed by atoms with Crippen LogP contribution in [0.1, 0.15) is 52.9 Å². The number of fused-ring (bicyclic) bond motifs is 2. The quantitative estimate of drug-likeness (QED) is 0.693. The van der Waals surface area contributed by atoms with Crippen molar-refractivity contribution in [3.8, 4) is 0 Å². The van der Waals surface area contributed by atoms with E-state index in [0.29, 0.717) is 6.04 Å². The molecule has 2 rings (SSSR count). The lowest BCUT2D eigenvalue weighted by Gasteiger charge is -2.49. The molecule has 0 radical (unpaired) electrons. The fourth-order valence-electron chi connectivity index (χ4n) is 3.92. The summed E-state index contributed by atoms with van der Waals surface area (Å²) in [5, 5.41) is 3.85. The minimum absolute atomic E-state index is 0.710. The lowest BCUT2D eigenvalue weighted by molar-refractivity contribution is 0.0285. The van der Waals surface area contributed by atoms with Gasteiger partial charge in [0.1, 0.15) is 0 Å². The molecule has 0 spiro atoms. The second-order valence-electron chi connectivity index (χ2n) is 6.94. The van der Waals surface area contributed by atoms with E-state index in [4.69, 9.17) is 4.74 Å². The number of piperidine rings is 1. The van der Waals surface area contributed by atoms with Gasteiger partial charge in [0.15, 0.2) is 0 Å². The van der Waals surface area contributed by atoms with Crippen LogP contribution in [-0.4, -0.2) is 49.8 Å². The minimum Gasteiger partial charge on any atom is -0.381 e. The number of hydrogen-bond acceptors (Lipinski definition) is 3. The standard InChI is InChI=1S/C17H34N2O/c1-4-10-20-11-6-9-18-17-15-7-5-8-16(17)13-19(12-15)14(2)3/h14-18H,4-13H2,1-3H3. The Labute approximate surface area is 125 Å². The number of ether oxygens (including phenoxy) is 1. The molecule has 1 N–H and O–H groups in total. The van der Waals surface area contributed by atoms with Crippen LogP contribution >= 0.6 is 0 Å². The van der Waals surface area contributed by atoms with Gasteiger partial charge in [0.2, 0.25) is 0 Å². The summed E-state index contributed by atoms with van der Waals surface area (Å²) in [6.45, 7) is 12.4. The number of rotatable bonds is 8. The van der Waals surface area contributed by atoms with Crippen molar-refractivity contribution in [3.05, 3.63) is 0 Å². The van der Waals surface area contributed by atoms with E-state index in [1.807, 2.05) is 0 Å². The molecule has 1 aliphatic carbocycles. The van der Waals surface area contributed by atoms with E-state index in [1.54, 1.807) is 0 Å². The van der Waals surface area contributed by atoms with E-state index in [0.717, 1.165) is 50.5 Å². The Bertz CT molecular complexity index is 256. The highest BCUT2D eigenvalue weighted by Gasteiger charge is 2.39. The monoisotopic (exact) mass is 282 g/mol. The van der Waals surface area contributed by atoms with E-state index in [-0.39, 0.29) is 0 Å². The molecule has 3 nitrogen and oxygen atoms in total. The van der Waals surface area contributed by atoms with E-state index >= 15 is 0 Å². The number of nitrogens with one attached hydrogen (secondary N) is 1. The molecule has 118 valence electrons. The zero-order chi connectivity index (χ0) is 14.4. The maximum Gasteiger partial charge on any atom is 0.0478 e. The average molecular weight is 282 g/mol. The number of hydrogen-bond donors (Lipinski definition) is 1. The molecule has 2 fully saturated rings. The van der Waals surface area contributed by atoms with Gasteiger partial charge >= 0.3 is 0 Å². The van der Waals surface area contributed by atoms with Gasteiger partial charge in [-0.2, -0.15) is 0 Å². The minimum atomic E-state index is 0.710. The van der Waals surface area contributed by atoms with Crippen molar-refractivity contribution in [2.75, 3.05) is 32.8 Å². The smallest absolute Gasteiger partial charge is 0.0478 e. The molecule has 0 aromatic heterocycles. The highest BCUT2D eigenvalue weighted by molar-refractivity contribution is 4.95. The summed E-state index contributed by atoms with van der Waals surface area (Å²) < 4.78 is 5.57. The highest BCUT2D eigenvalue weighted by atomic mass is 16.5.